The van der Waals surface area contributed by atoms with E-state index in [1.54, 1.807) is 30.3 Å². The Kier molecular flexibility index (Phi) is 2.64. The predicted octanol–water partition coefficient (Wildman–Crippen LogP) is 3.93. The first kappa shape index (κ1) is 10.9. The first-order chi connectivity index (χ1) is 19.5. The minimum atomic E-state index is -3.02. The van der Waals surface area contributed by atoms with E-state index in [-0.39, 0.29) is 17.0 Å². The van der Waals surface area contributed by atoms with Gasteiger partial charge < -0.3 is 10.0 Å². The Labute approximate surface area is 202 Å². The maximum absolute atomic E-state index is 12.3. The highest BCUT2D eigenvalue weighted by atomic mass is 28.3. The number of hydrogen-bond acceptors (Lipinski definition) is 2. The van der Waals surface area contributed by atoms with Gasteiger partial charge in [-0.25, -0.2) is 9.37 Å². The van der Waals surface area contributed by atoms with Gasteiger partial charge in [-0.15, -0.1) is 0 Å². The Balaban J connectivity index is 2.16. The smallest absolute Gasteiger partial charge is 0.336 e. The van der Waals surface area contributed by atoms with Gasteiger partial charge in [0.25, 0.3) is 0 Å². The summed E-state index contributed by atoms with van der Waals surface area (Å²) in [5.74, 6) is -1.20. The summed E-state index contributed by atoms with van der Waals surface area (Å²) in [6.45, 7) is -8.30. The molecule has 0 bridgehead atoms. The van der Waals surface area contributed by atoms with Crippen molar-refractivity contribution in [1.29, 1.82) is 0 Å². The fourth-order valence-corrected chi connectivity index (χ4v) is 7.35. The second kappa shape index (κ2) is 7.50. The van der Waals surface area contributed by atoms with Gasteiger partial charge in [0.05, 0.1) is 13.8 Å². The molecule has 4 nitrogen and oxygen atoms in total. The third kappa shape index (κ3) is 3.39. The number of carbonyl (C=O) groups is 1. The Morgan fingerprint density at radius 2 is 1.84 bits per heavy atom. The van der Waals surface area contributed by atoms with Gasteiger partial charge in [-0.05, 0) is 56.9 Å². The van der Waals surface area contributed by atoms with Crippen LogP contribution in [0.2, 0.25) is 13.1 Å². The highest BCUT2D eigenvalue weighted by molar-refractivity contribution is 6.98. The number of rotatable bonds is 3. The maximum Gasteiger partial charge on any atom is 0.336 e. The molecule has 0 aromatic heterocycles. The summed E-state index contributed by atoms with van der Waals surface area (Å²) in [6.07, 6.45) is 4.42. The molecule has 0 unspecified atom stereocenters. The molecular weight excluding hydrogens is 400 g/mol. The summed E-state index contributed by atoms with van der Waals surface area (Å²) in [4.78, 5) is 12.6. The van der Waals surface area contributed by atoms with E-state index in [1.807, 2.05) is 13.1 Å². The lowest BCUT2D eigenvalue weighted by atomic mass is 9.87. The molecular formula is C26H29N2O2Si+. The van der Waals surface area contributed by atoms with Crippen LogP contribution in [0.5, 0.6) is 0 Å². The number of nitrogens with zero attached hydrogens (tertiary/aromatic N) is 2. The first-order valence-corrected chi connectivity index (χ1v) is 12.6. The van der Waals surface area contributed by atoms with Crippen molar-refractivity contribution < 1.29 is 30.9 Å². The molecule has 31 heavy (non-hydrogen) atoms. The summed E-state index contributed by atoms with van der Waals surface area (Å²) in [6, 6.07) is 10.7. The molecule has 1 aliphatic heterocycles. The maximum atomic E-state index is 12.3. The average molecular weight is 442 g/mol. The third-order valence-electron chi connectivity index (χ3n) is 5.83. The number of benzene rings is 2. The molecule has 0 amide bonds. The van der Waals surface area contributed by atoms with Crippen molar-refractivity contribution in [3.05, 3.63) is 88.2 Å². The van der Waals surface area contributed by atoms with Crippen LogP contribution in [-0.2, 0) is 0 Å². The SMILES string of the molecule is [2H]C([2H])([2H])N(c1ccc2c(c1)[Si](C)(C)C1=CC(=[N+](C([2H])([2H])[2H])C([2H])([2H])[2H])C=CC1=C2c1ccccc1C(=O)O)C([2H])([2H])[2H]. The molecule has 4 rings (SSSR count). The molecule has 0 fully saturated rings. The Morgan fingerprint density at radius 3 is 2.55 bits per heavy atom. The lowest BCUT2D eigenvalue weighted by molar-refractivity contribution is -0.462. The van der Waals surface area contributed by atoms with Crippen molar-refractivity contribution >= 4 is 36.2 Å². The quantitative estimate of drug-likeness (QED) is 0.580. The van der Waals surface area contributed by atoms with Crippen LogP contribution in [0.25, 0.3) is 5.57 Å². The molecule has 0 saturated carbocycles. The molecule has 2 aromatic rings. The van der Waals surface area contributed by atoms with Gasteiger partial charge in [-0.3, -0.25) is 0 Å². The number of hydrogen-bond donors (Lipinski definition) is 1. The van der Waals surface area contributed by atoms with E-state index < -0.39 is 41.9 Å². The van der Waals surface area contributed by atoms with Gasteiger partial charge >= 0.3 is 5.97 Å². The zero-order valence-corrected chi connectivity index (χ0v) is 18.0. The van der Waals surface area contributed by atoms with Crippen LogP contribution in [0.15, 0.2) is 71.5 Å². The highest BCUT2D eigenvalue weighted by Gasteiger charge is 2.40. The fraction of sp³-hybridized carbons (Fsp3) is 0.231. The van der Waals surface area contributed by atoms with Crippen molar-refractivity contribution in [3.8, 4) is 0 Å². The molecule has 2 aromatic carbocycles. The predicted molar refractivity (Wildman–Crippen MR) is 132 cm³/mol. The molecule has 158 valence electrons. The number of carboxylic acid groups (broad SMARTS) is 1. The average Bonchev–Trinajstić information content (AvgIpc) is 2.81. The molecule has 1 N–H and O–H groups in total. The van der Waals surface area contributed by atoms with E-state index in [2.05, 4.69) is 0 Å². The molecule has 0 spiro atoms. The standard InChI is InChI=1S/C26H28N2O2Si/c1-27(2)17-11-13-21-23(15-17)31(5,6)24-16-18(28(3)4)12-14-22(24)25(21)19-9-7-8-10-20(19)26(29)30/h7-16H,1-6H3/p+1/i1D3,2D3,3D3,4D3. The second-order valence-electron chi connectivity index (χ2n) is 7.98. The number of anilines is 1. The van der Waals surface area contributed by atoms with Crippen LogP contribution in [0.1, 0.15) is 37.9 Å². The minimum absolute atomic E-state index is 0.0258. The molecule has 2 aliphatic rings. The summed E-state index contributed by atoms with van der Waals surface area (Å²) in [5.41, 5.74) is 1.68. The van der Waals surface area contributed by atoms with E-state index in [9.17, 15) is 9.90 Å². The molecule has 5 heteroatoms. The molecule has 0 radical (unpaired) electrons. The Morgan fingerprint density at radius 1 is 1.06 bits per heavy atom. The largest absolute Gasteiger partial charge is 0.478 e. The van der Waals surface area contributed by atoms with Crippen molar-refractivity contribution in [2.75, 3.05) is 32.8 Å². The topological polar surface area (TPSA) is 43.5 Å². The number of carboxylic acids is 1. The van der Waals surface area contributed by atoms with Gasteiger partial charge in [-0.2, -0.15) is 0 Å². The minimum Gasteiger partial charge on any atom is -0.478 e. The molecule has 0 saturated heterocycles. The summed E-state index contributed by atoms with van der Waals surface area (Å²) in [5, 5.41) is 11.2. The van der Waals surface area contributed by atoms with Gasteiger partial charge in [0.2, 0.25) is 0 Å². The van der Waals surface area contributed by atoms with Crippen LogP contribution >= 0.6 is 0 Å². The zero-order chi connectivity index (χ0) is 32.5. The van der Waals surface area contributed by atoms with Crippen molar-refractivity contribution in [1.82, 2.24) is 0 Å². The van der Waals surface area contributed by atoms with Crippen LogP contribution in [0, 0.1) is 0 Å². The lowest BCUT2D eigenvalue weighted by Gasteiger charge is -2.38. The van der Waals surface area contributed by atoms with E-state index in [4.69, 9.17) is 16.4 Å². The van der Waals surface area contributed by atoms with Crippen LogP contribution in [-0.4, -0.2) is 57.3 Å². The van der Waals surface area contributed by atoms with Crippen LogP contribution < -0.4 is 10.1 Å². The lowest BCUT2D eigenvalue weighted by Crippen LogP contribution is -2.49. The monoisotopic (exact) mass is 441 g/mol. The molecule has 1 heterocycles. The zero-order valence-electron chi connectivity index (χ0n) is 29.0. The number of fused-ring (bicyclic) bond motifs is 2. The Bertz CT molecular complexity index is 1590. The van der Waals surface area contributed by atoms with Crippen molar-refractivity contribution in [2.24, 2.45) is 0 Å². The Hall–Kier alpha value is -3.18. The van der Waals surface area contributed by atoms with Crippen molar-refractivity contribution in [2.45, 2.75) is 13.1 Å². The van der Waals surface area contributed by atoms with Gasteiger partial charge in [-0.1, -0.05) is 37.4 Å². The van der Waals surface area contributed by atoms with Gasteiger partial charge in [0.15, 0.2) is 5.71 Å². The third-order valence-corrected chi connectivity index (χ3v) is 9.36. The summed E-state index contributed by atoms with van der Waals surface area (Å²) >= 11 is 0. The van der Waals surface area contributed by atoms with E-state index in [1.165, 1.54) is 30.4 Å². The van der Waals surface area contributed by atoms with E-state index >= 15 is 0 Å². The van der Waals surface area contributed by atoms with E-state index in [0.29, 0.717) is 42.1 Å². The van der Waals surface area contributed by atoms with Crippen LogP contribution in [0.4, 0.5) is 5.69 Å². The van der Waals surface area contributed by atoms with Gasteiger partial charge in [0, 0.05) is 40.0 Å². The first-order valence-electron chi connectivity index (χ1n) is 15.6. The van der Waals surface area contributed by atoms with E-state index in [0.717, 1.165) is 0 Å². The summed E-state index contributed by atoms with van der Waals surface area (Å²) in [7, 11) is -3.00. The molecule has 0 atom stereocenters. The summed E-state index contributed by atoms with van der Waals surface area (Å²) < 4.78 is 95.3. The fourth-order valence-electron chi connectivity index (χ4n) is 4.28. The highest BCUT2D eigenvalue weighted by Crippen LogP contribution is 2.42. The van der Waals surface area contributed by atoms with Crippen molar-refractivity contribution in [3.63, 3.8) is 0 Å². The number of allylic oxidation sites excluding steroid dienone is 5. The van der Waals surface area contributed by atoms with Crippen LogP contribution in [0.3, 0.4) is 0 Å². The second-order valence-corrected chi connectivity index (χ2v) is 12.3. The number of aromatic carboxylic acids is 1. The van der Waals surface area contributed by atoms with Gasteiger partial charge in [0.1, 0.15) is 22.0 Å². The normalized spacial score (nSPS) is 23.8. The molecule has 1 aliphatic carbocycles.